The van der Waals surface area contributed by atoms with E-state index < -0.39 is 12.8 Å². The molecule has 1 saturated heterocycles. The van der Waals surface area contributed by atoms with Crippen LogP contribution >= 0.6 is 11.6 Å². The Balaban J connectivity index is 1.51. The molecule has 0 atom stereocenters. The van der Waals surface area contributed by atoms with Crippen molar-refractivity contribution in [2.75, 3.05) is 27.0 Å². The first-order chi connectivity index (χ1) is 16.9. The Hall–Kier alpha value is -3.63. The fourth-order valence-electron chi connectivity index (χ4n) is 4.11. The lowest BCUT2D eigenvalue weighted by Gasteiger charge is -2.08. The van der Waals surface area contributed by atoms with Gasteiger partial charge in [0.25, 0.3) is 10.9 Å². The van der Waals surface area contributed by atoms with Crippen LogP contribution in [0.3, 0.4) is 0 Å². The average Bonchev–Trinajstić information content (AvgIpc) is 3.49. The van der Waals surface area contributed by atoms with Gasteiger partial charge < -0.3 is 9.47 Å². The smallest absolute Gasteiger partial charge is 0.312 e. The first kappa shape index (κ1) is 24.5. The average molecular weight is 502 g/mol. The van der Waals surface area contributed by atoms with Gasteiger partial charge in [0.05, 0.1) is 37.0 Å². The fraction of sp³-hybridized carbons (Fsp3) is 0.333. The molecule has 4 rings (SSSR count). The van der Waals surface area contributed by atoms with Gasteiger partial charge in [-0.2, -0.15) is 4.84 Å². The predicted molar refractivity (Wildman–Crippen MR) is 128 cm³/mol. The lowest BCUT2D eigenvalue weighted by Crippen LogP contribution is -2.40. The molecule has 0 radical (unpaired) electrons. The van der Waals surface area contributed by atoms with Crippen molar-refractivity contribution in [2.24, 2.45) is 0 Å². The molecule has 1 aromatic heterocycles. The summed E-state index contributed by atoms with van der Waals surface area (Å²) in [6, 6.07) is 11.9. The van der Waals surface area contributed by atoms with Crippen molar-refractivity contribution in [3.63, 3.8) is 0 Å². The van der Waals surface area contributed by atoms with Crippen LogP contribution in [-0.4, -0.2) is 53.4 Å². The molecule has 0 aliphatic carbocycles. The van der Waals surface area contributed by atoms with E-state index >= 15 is 0 Å². The Morgan fingerprint density at radius 2 is 1.83 bits per heavy atom. The summed E-state index contributed by atoms with van der Waals surface area (Å²) in [6.07, 6.45) is 1.77. The van der Waals surface area contributed by atoms with E-state index in [1.807, 2.05) is 0 Å². The van der Waals surface area contributed by atoms with Crippen molar-refractivity contribution >= 4 is 34.4 Å². The summed E-state index contributed by atoms with van der Waals surface area (Å²) in [6.45, 7) is 2.60. The van der Waals surface area contributed by atoms with E-state index in [2.05, 4.69) is 5.59 Å². The predicted octanol–water partition coefficient (Wildman–Crippen LogP) is 3.57. The number of nitroso groups, excluding NO2 is 1. The van der Waals surface area contributed by atoms with Gasteiger partial charge in [0.2, 0.25) is 6.79 Å². The number of benzene rings is 2. The zero-order chi connectivity index (χ0) is 24.9. The van der Waals surface area contributed by atoms with E-state index in [9.17, 15) is 14.5 Å². The number of rotatable bonds is 9. The summed E-state index contributed by atoms with van der Waals surface area (Å²) < 4.78 is 12.0. The first-order valence-corrected chi connectivity index (χ1v) is 11.5. The van der Waals surface area contributed by atoms with Crippen LogP contribution in [0.15, 0.2) is 42.5 Å². The van der Waals surface area contributed by atoms with Gasteiger partial charge in [-0.1, -0.05) is 11.6 Å². The van der Waals surface area contributed by atoms with Crippen LogP contribution in [0.1, 0.15) is 34.5 Å². The molecule has 10 nitrogen and oxygen atoms in total. The van der Waals surface area contributed by atoms with E-state index in [4.69, 9.17) is 25.9 Å². The molecule has 1 N–H and O–H groups in total. The molecule has 0 bridgehead atoms. The Kier molecular flexibility index (Phi) is 7.52. The molecule has 11 heteroatoms. The number of esters is 1. The van der Waals surface area contributed by atoms with Gasteiger partial charge in [-0.3, -0.25) is 14.2 Å². The number of fused-ring (bicyclic) bond motifs is 1. The molecule has 1 fully saturated rings. The zero-order valence-electron chi connectivity index (χ0n) is 19.5. The third-order valence-electron chi connectivity index (χ3n) is 5.92. The highest BCUT2D eigenvalue weighted by Crippen LogP contribution is 2.31. The molecule has 1 aliphatic rings. The van der Waals surface area contributed by atoms with Gasteiger partial charge in [0.1, 0.15) is 5.75 Å². The van der Waals surface area contributed by atoms with Crippen molar-refractivity contribution in [2.45, 2.75) is 26.2 Å². The molecule has 2 heterocycles. The molecule has 0 spiro atoms. The van der Waals surface area contributed by atoms with Gasteiger partial charge in [-0.05, 0) is 67.8 Å². The normalized spacial score (nSPS) is 13.2. The fourth-order valence-corrected chi connectivity index (χ4v) is 4.23. The van der Waals surface area contributed by atoms with Gasteiger partial charge in [-0.25, -0.2) is 0 Å². The molecule has 0 saturated carbocycles. The summed E-state index contributed by atoms with van der Waals surface area (Å²) in [5.74, 6) is -0.235. The minimum atomic E-state index is -0.575. The van der Waals surface area contributed by atoms with Gasteiger partial charge in [0, 0.05) is 27.3 Å². The van der Waals surface area contributed by atoms with Crippen LogP contribution in [-0.2, 0) is 20.8 Å². The number of halogens is 1. The Morgan fingerprint density at radius 3 is 2.51 bits per heavy atom. The van der Waals surface area contributed by atoms with Crippen molar-refractivity contribution in [1.82, 2.24) is 15.2 Å². The standard InChI is InChI=1S/C24H26ClN4O6/c1-16-20(14-23(30)34-15-35-26-29(32)27-11-3-4-12-27)21-13-19(33-2)9-10-22(21)28(16)24(31)17-5-7-18(25)8-6-17/h5-10,13H,3-4,11-12,14-15H2,1-2H3,(H,26,32)/q+1. The number of aromatic nitrogens is 1. The second-order valence-corrected chi connectivity index (χ2v) is 8.51. The third kappa shape index (κ3) is 5.39. The van der Waals surface area contributed by atoms with E-state index in [1.54, 1.807) is 66.1 Å². The Bertz CT molecular complexity index is 1250. The first-order valence-electron chi connectivity index (χ1n) is 11.1. The molecular formula is C24H26ClN4O6+. The van der Waals surface area contributed by atoms with Crippen LogP contribution in [0.4, 0.5) is 0 Å². The summed E-state index contributed by atoms with van der Waals surface area (Å²) in [4.78, 5) is 43.2. The second-order valence-electron chi connectivity index (χ2n) is 8.07. The molecule has 35 heavy (non-hydrogen) atoms. The zero-order valence-corrected chi connectivity index (χ0v) is 20.2. The minimum Gasteiger partial charge on any atom is -0.497 e. The molecule has 184 valence electrons. The lowest BCUT2D eigenvalue weighted by atomic mass is 10.1. The van der Waals surface area contributed by atoms with E-state index in [0.717, 1.165) is 12.8 Å². The molecule has 3 aromatic rings. The van der Waals surface area contributed by atoms with Gasteiger partial charge in [-0.15, -0.1) is 5.01 Å². The highest BCUT2D eigenvalue weighted by molar-refractivity contribution is 6.30. The minimum absolute atomic E-state index is 0.104. The van der Waals surface area contributed by atoms with Crippen molar-refractivity contribution < 1.29 is 28.9 Å². The molecule has 2 aromatic carbocycles. The maximum Gasteiger partial charge on any atom is 0.312 e. The molecule has 0 unspecified atom stereocenters. The monoisotopic (exact) mass is 501 g/mol. The highest BCUT2D eigenvalue weighted by Gasteiger charge is 2.26. The molecule has 1 aliphatic heterocycles. The Labute approximate surface area is 206 Å². The van der Waals surface area contributed by atoms with E-state index in [-0.39, 0.29) is 12.3 Å². The molecular weight excluding hydrogens is 476 g/mol. The van der Waals surface area contributed by atoms with E-state index in [1.165, 1.54) is 0 Å². The van der Waals surface area contributed by atoms with Crippen LogP contribution in [0.25, 0.3) is 10.9 Å². The van der Waals surface area contributed by atoms with Crippen molar-refractivity contribution in [3.05, 3.63) is 69.2 Å². The second kappa shape index (κ2) is 10.7. The number of carbonyl (C=O) groups excluding carboxylic acids is 2. The quantitative estimate of drug-likeness (QED) is 0.156. The summed E-state index contributed by atoms with van der Waals surface area (Å²) in [7, 11) is 1.55. The number of methoxy groups -OCH3 is 1. The van der Waals surface area contributed by atoms with Crippen molar-refractivity contribution in [1.29, 1.82) is 0 Å². The number of hydrogen-bond acceptors (Lipinski definition) is 6. The summed E-state index contributed by atoms with van der Waals surface area (Å²) in [5, 5.41) is 2.77. The maximum absolute atomic E-state index is 13.3. The number of nitrogens with zero attached hydrogens (tertiary/aromatic N) is 3. The third-order valence-corrected chi connectivity index (χ3v) is 6.17. The largest absolute Gasteiger partial charge is 0.497 e. The summed E-state index contributed by atoms with van der Waals surface area (Å²) in [5.41, 5.74) is 4.51. The topological polar surface area (TPSA) is 102 Å². The molecule has 0 amide bonds. The number of ether oxygens (including phenoxy) is 2. The van der Waals surface area contributed by atoms with Crippen LogP contribution in [0, 0.1) is 11.8 Å². The highest BCUT2D eigenvalue weighted by atomic mass is 35.5. The summed E-state index contributed by atoms with van der Waals surface area (Å²) >= 11 is 5.97. The number of hydrazine groups is 2. The Morgan fingerprint density at radius 1 is 1.11 bits per heavy atom. The number of hydrogen-bond donors (Lipinski definition) is 1. The van der Waals surface area contributed by atoms with Crippen molar-refractivity contribution in [3.8, 4) is 5.75 Å². The van der Waals surface area contributed by atoms with Crippen LogP contribution < -0.4 is 10.3 Å². The number of carbonyl (C=O) groups is 2. The lowest BCUT2D eigenvalue weighted by molar-refractivity contribution is -0.787. The van der Waals surface area contributed by atoms with Crippen LogP contribution in [0.5, 0.6) is 5.75 Å². The van der Waals surface area contributed by atoms with Crippen LogP contribution in [0.2, 0.25) is 5.02 Å². The maximum atomic E-state index is 13.3. The van der Waals surface area contributed by atoms with Gasteiger partial charge >= 0.3 is 5.97 Å². The number of nitrogens with one attached hydrogen (secondary N) is 1. The van der Waals surface area contributed by atoms with Gasteiger partial charge in [0.15, 0.2) is 0 Å². The van der Waals surface area contributed by atoms with E-state index in [0.29, 0.717) is 56.6 Å². The SMILES string of the molecule is COc1ccc2c(c1)c(CC(=O)OCON[N+](=O)N1CCCC1)c(C)n2C(=O)c1ccc(Cl)cc1.